The van der Waals surface area contributed by atoms with Crippen molar-refractivity contribution in [2.24, 2.45) is 0 Å². The predicted octanol–water partition coefficient (Wildman–Crippen LogP) is 2.64. The Balaban J connectivity index is 1.83. The van der Waals surface area contributed by atoms with E-state index in [-0.39, 0.29) is 20.9 Å². The summed E-state index contributed by atoms with van der Waals surface area (Å²) in [6.07, 6.45) is 0. The van der Waals surface area contributed by atoms with E-state index in [4.69, 9.17) is 4.74 Å². The quantitative estimate of drug-likeness (QED) is 0.640. The standard InChI is InChI=1S/C20H15NO2Se/c1-23-15-12-10-14(11-13-15)20(22)21-16-6-2-4-8-18(16)24-19-9-5-3-7-17(19)21/h2-13H,1H3. The molecular weight excluding hydrogens is 365 g/mol. The third-order valence-corrected chi connectivity index (χ3v) is 6.34. The number of amides is 1. The van der Waals surface area contributed by atoms with E-state index >= 15 is 0 Å². The number of anilines is 2. The molecule has 3 aromatic carbocycles. The van der Waals surface area contributed by atoms with E-state index in [2.05, 4.69) is 12.1 Å². The molecule has 118 valence electrons. The Morgan fingerprint density at radius 3 is 1.92 bits per heavy atom. The average molecular weight is 380 g/mol. The van der Waals surface area contributed by atoms with Gasteiger partial charge in [-0.05, 0) is 0 Å². The molecule has 0 spiro atoms. The topological polar surface area (TPSA) is 29.5 Å². The monoisotopic (exact) mass is 381 g/mol. The van der Waals surface area contributed by atoms with Crippen LogP contribution >= 0.6 is 0 Å². The number of ether oxygens (including phenoxy) is 1. The van der Waals surface area contributed by atoms with Crippen molar-refractivity contribution in [2.45, 2.75) is 0 Å². The average Bonchev–Trinajstić information content (AvgIpc) is 2.65. The summed E-state index contributed by atoms with van der Waals surface area (Å²) >= 11 is 0.212. The van der Waals surface area contributed by atoms with Crippen molar-refractivity contribution >= 4 is 41.2 Å². The summed E-state index contributed by atoms with van der Waals surface area (Å²) in [6, 6.07) is 23.6. The molecule has 0 bridgehead atoms. The summed E-state index contributed by atoms with van der Waals surface area (Å²) < 4.78 is 7.64. The van der Waals surface area contributed by atoms with Crippen LogP contribution in [-0.4, -0.2) is 28.0 Å². The Kier molecular flexibility index (Phi) is 3.85. The van der Waals surface area contributed by atoms with E-state index in [9.17, 15) is 4.79 Å². The number of benzene rings is 3. The van der Waals surface area contributed by atoms with Crippen LogP contribution in [0.2, 0.25) is 0 Å². The number of fused-ring (bicyclic) bond motifs is 2. The van der Waals surface area contributed by atoms with Gasteiger partial charge in [0.2, 0.25) is 0 Å². The van der Waals surface area contributed by atoms with Gasteiger partial charge in [-0.25, -0.2) is 0 Å². The van der Waals surface area contributed by atoms with Crippen LogP contribution in [0, 0.1) is 0 Å². The van der Waals surface area contributed by atoms with Crippen LogP contribution in [0.5, 0.6) is 5.75 Å². The van der Waals surface area contributed by atoms with Crippen LogP contribution < -0.4 is 18.6 Å². The summed E-state index contributed by atoms with van der Waals surface area (Å²) in [5, 5.41) is 0. The molecule has 0 atom stereocenters. The molecule has 4 heteroatoms. The zero-order chi connectivity index (χ0) is 16.5. The van der Waals surface area contributed by atoms with Crippen molar-refractivity contribution in [3.8, 4) is 5.75 Å². The molecule has 3 nitrogen and oxygen atoms in total. The van der Waals surface area contributed by atoms with Gasteiger partial charge in [-0.15, -0.1) is 0 Å². The van der Waals surface area contributed by atoms with E-state index in [1.807, 2.05) is 65.6 Å². The molecule has 0 saturated heterocycles. The number of rotatable bonds is 2. The fourth-order valence-corrected chi connectivity index (χ4v) is 5.01. The summed E-state index contributed by atoms with van der Waals surface area (Å²) in [6.45, 7) is 0. The minimum absolute atomic E-state index is 0.0203. The number of carbonyl (C=O) groups is 1. The number of nitrogens with zero attached hydrogens (tertiary/aromatic N) is 1. The maximum atomic E-state index is 13.2. The first kappa shape index (κ1) is 15.0. The van der Waals surface area contributed by atoms with Crippen molar-refractivity contribution in [1.29, 1.82) is 0 Å². The Bertz CT molecular complexity index is 860. The Morgan fingerprint density at radius 1 is 0.833 bits per heavy atom. The third kappa shape index (κ3) is 2.50. The van der Waals surface area contributed by atoms with Gasteiger partial charge in [0, 0.05) is 0 Å². The first-order chi connectivity index (χ1) is 11.8. The van der Waals surface area contributed by atoms with Crippen LogP contribution in [0.25, 0.3) is 0 Å². The first-order valence-electron chi connectivity index (χ1n) is 7.62. The van der Waals surface area contributed by atoms with Crippen LogP contribution in [0.15, 0.2) is 72.8 Å². The van der Waals surface area contributed by atoms with Crippen LogP contribution in [-0.2, 0) is 0 Å². The molecule has 0 saturated carbocycles. The molecule has 1 aliphatic rings. The van der Waals surface area contributed by atoms with Gasteiger partial charge in [0.1, 0.15) is 0 Å². The summed E-state index contributed by atoms with van der Waals surface area (Å²) in [7, 11) is 1.62. The van der Waals surface area contributed by atoms with E-state index in [1.54, 1.807) is 7.11 Å². The number of carbonyl (C=O) groups excluding carboxylic acids is 1. The van der Waals surface area contributed by atoms with Crippen molar-refractivity contribution in [1.82, 2.24) is 0 Å². The van der Waals surface area contributed by atoms with E-state index < -0.39 is 0 Å². The second-order valence-electron chi connectivity index (χ2n) is 5.41. The summed E-state index contributed by atoms with van der Waals surface area (Å²) in [5.41, 5.74) is 2.61. The van der Waals surface area contributed by atoms with Crippen LogP contribution in [0.4, 0.5) is 11.4 Å². The van der Waals surface area contributed by atoms with Gasteiger partial charge < -0.3 is 0 Å². The molecule has 0 radical (unpaired) electrons. The molecule has 0 unspecified atom stereocenters. The van der Waals surface area contributed by atoms with Gasteiger partial charge in [0.25, 0.3) is 0 Å². The molecule has 1 heterocycles. The van der Waals surface area contributed by atoms with E-state index in [0.717, 1.165) is 17.1 Å². The van der Waals surface area contributed by atoms with Gasteiger partial charge in [-0.2, -0.15) is 0 Å². The first-order valence-corrected chi connectivity index (χ1v) is 9.33. The molecule has 0 aliphatic carbocycles. The van der Waals surface area contributed by atoms with Crippen molar-refractivity contribution < 1.29 is 9.53 Å². The van der Waals surface area contributed by atoms with Crippen molar-refractivity contribution in [2.75, 3.05) is 12.0 Å². The number of hydrogen-bond donors (Lipinski definition) is 0. The second kappa shape index (κ2) is 6.16. The molecule has 0 aromatic heterocycles. The fourth-order valence-electron chi connectivity index (χ4n) is 2.79. The molecule has 4 rings (SSSR count). The fraction of sp³-hybridized carbons (Fsp3) is 0.0500. The van der Waals surface area contributed by atoms with Crippen LogP contribution in [0.1, 0.15) is 10.4 Å². The molecular formula is C20H15NO2Se. The molecule has 1 amide bonds. The maximum absolute atomic E-state index is 13.2. The third-order valence-electron chi connectivity index (χ3n) is 3.97. The second-order valence-corrected chi connectivity index (χ2v) is 7.68. The van der Waals surface area contributed by atoms with Crippen molar-refractivity contribution in [3.05, 3.63) is 78.4 Å². The van der Waals surface area contributed by atoms with Crippen molar-refractivity contribution in [3.63, 3.8) is 0 Å². The Hall–Kier alpha value is -2.55. The van der Waals surface area contributed by atoms with Gasteiger partial charge in [-0.1, -0.05) is 0 Å². The number of hydrogen-bond acceptors (Lipinski definition) is 2. The van der Waals surface area contributed by atoms with Gasteiger partial charge >= 0.3 is 147 Å². The molecule has 0 fully saturated rings. The Labute approximate surface area is 147 Å². The normalized spacial score (nSPS) is 12.3. The van der Waals surface area contributed by atoms with Crippen LogP contribution in [0.3, 0.4) is 0 Å². The molecule has 1 aliphatic heterocycles. The zero-order valence-corrected chi connectivity index (χ0v) is 14.8. The zero-order valence-electron chi connectivity index (χ0n) is 13.1. The van der Waals surface area contributed by atoms with Gasteiger partial charge in [0.15, 0.2) is 0 Å². The summed E-state index contributed by atoms with van der Waals surface area (Å²) in [4.78, 5) is 15.0. The summed E-state index contributed by atoms with van der Waals surface area (Å²) in [5.74, 6) is 0.724. The molecule has 24 heavy (non-hydrogen) atoms. The molecule has 3 aromatic rings. The van der Waals surface area contributed by atoms with E-state index in [0.29, 0.717) is 5.56 Å². The SMILES string of the molecule is COc1ccc(C(=O)N2c3ccccc3[Se]c3ccccc32)cc1. The molecule has 0 N–H and O–H groups in total. The predicted molar refractivity (Wildman–Crippen MR) is 97.4 cm³/mol. The Morgan fingerprint density at radius 2 is 1.38 bits per heavy atom. The minimum atomic E-state index is -0.0203. The number of methoxy groups -OCH3 is 1. The van der Waals surface area contributed by atoms with Gasteiger partial charge in [-0.3, -0.25) is 0 Å². The number of para-hydroxylation sites is 2. The van der Waals surface area contributed by atoms with E-state index in [1.165, 1.54) is 8.92 Å². The van der Waals surface area contributed by atoms with Gasteiger partial charge in [0.05, 0.1) is 0 Å².